The Morgan fingerprint density at radius 1 is 1.47 bits per heavy atom. The van der Waals surface area contributed by atoms with Crippen molar-refractivity contribution in [2.45, 2.75) is 19.4 Å². The first-order valence-electron chi connectivity index (χ1n) is 6.69. The van der Waals surface area contributed by atoms with Crippen LogP contribution in [0.2, 0.25) is 5.02 Å². The quantitative estimate of drug-likeness (QED) is 0.829. The minimum Gasteiger partial charge on any atom is -0.320 e. The van der Waals surface area contributed by atoms with Gasteiger partial charge in [0.2, 0.25) is 0 Å². The van der Waals surface area contributed by atoms with Gasteiger partial charge in [0.1, 0.15) is 0 Å². The van der Waals surface area contributed by atoms with Crippen LogP contribution in [0, 0.1) is 12.8 Å². The Morgan fingerprint density at radius 3 is 3.11 bits per heavy atom. The molecule has 5 heteroatoms. The van der Waals surface area contributed by atoms with Gasteiger partial charge in [-0.3, -0.25) is 0 Å². The lowest BCUT2D eigenvalue weighted by molar-refractivity contribution is 0.206. The molecular formula is C14H18ClN3O. The van der Waals surface area contributed by atoms with Crippen molar-refractivity contribution in [3.05, 3.63) is 28.8 Å². The zero-order valence-corrected chi connectivity index (χ0v) is 11.7. The number of benzene rings is 1. The van der Waals surface area contributed by atoms with Crippen molar-refractivity contribution in [3.63, 3.8) is 0 Å². The fourth-order valence-electron chi connectivity index (χ4n) is 2.97. The van der Waals surface area contributed by atoms with Gasteiger partial charge in [-0.15, -0.1) is 0 Å². The smallest absolute Gasteiger partial charge is 0.320 e. The highest BCUT2D eigenvalue weighted by molar-refractivity contribution is 6.31. The minimum atomic E-state index is -0.0175. The Bertz CT molecular complexity index is 505. The summed E-state index contributed by atoms with van der Waals surface area (Å²) < 4.78 is 0. The highest BCUT2D eigenvalue weighted by Crippen LogP contribution is 2.28. The molecule has 4 nitrogen and oxygen atoms in total. The molecule has 0 spiro atoms. The zero-order chi connectivity index (χ0) is 13.4. The molecule has 2 atom stereocenters. The lowest BCUT2D eigenvalue weighted by Crippen LogP contribution is -2.41. The van der Waals surface area contributed by atoms with Gasteiger partial charge in [0.15, 0.2) is 0 Å². The summed E-state index contributed by atoms with van der Waals surface area (Å²) in [7, 11) is 0. The maximum absolute atomic E-state index is 12.3. The van der Waals surface area contributed by atoms with E-state index in [4.69, 9.17) is 11.6 Å². The molecule has 2 aliphatic rings. The Hall–Kier alpha value is -1.26. The Morgan fingerprint density at radius 2 is 2.32 bits per heavy atom. The van der Waals surface area contributed by atoms with Crippen molar-refractivity contribution >= 4 is 23.3 Å². The number of urea groups is 1. The van der Waals surface area contributed by atoms with Crippen LogP contribution in [0.15, 0.2) is 18.2 Å². The topological polar surface area (TPSA) is 44.4 Å². The first-order chi connectivity index (χ1) is 9.15. The number of halogens is 1. The monoisotopic (exact) mass is 279 g/mol. The van der Waals surface area contributed by atoms with Gasteiger partial charge in [-0.05, 0) is 37.0 Å². The number of hydrogen-bond acceptors (Lipinski definition) is 2. The van der Waals surface area contributed by atoms with Crippen LogP contribution < -0.4 is 10.6 Å². The molecule has 2 amide bonds. The van der Waals surface area contributed by atoms with Crippen LogP contribution in [-0.4, -0.2) is 36.6 Å². The lowest BCUT2D eigenvalue weighted by Gasteiger charge is -2.23. The third-order valence-corrected chi connectivity index (χ3v) is 4.54. The summed E-state index contributed by atoms with van der Waals surface area (Å²) in [5, 5.41) is 6.97. The van der Waals surface area contributed by atoms with Crippen LogP contribution in [-0.2, 0) is 0 Å². The average Bonchev–Trinajstić information content (AvgIpc) is 2.95. The van der Waals surface area contributed by atoms with Gasteiger partial charge in [0, 0.05) is 36.4 Å². The first-order valence-corrected chi connectivity index (χ1v) is 7.07. The molecule has 102 valence electrons. The van der Waals surface area contributed by atoms with E-state index in [2.05, 4.69) is 10.6 Å². The highest BCUT2D eigenvalue weighted by atomic mass is 35.5. The Balaban J connectivity index is 1.69. The highest BCUT2D eigenvalue weighted by Gasteiger charge is 2.39. The van der Waals surface area contributed by atoms with Gasteiger partial charge in [-0.1, -0.05) is 17.7 Å². The number of fused-ring (bicyclic) bond motifs is 1. The molecule has 2 saturated heterocycles. The van der Waals surface area contributed by atoms with Gasteiger partial charge in [-0.25, -0.2) is 4.79 Å². The summed E-state index contributed by atoms with van der Waals surface area (Å²) in [6.07, 6.45) is 1.10. The molecule has 1 aromatic carbocycles. The van der Waals surface area contributed by atoms with E-state index in [1.807, 2.05) is 24.0 Å². The fourth-order valence-corrected chi connectivity index (χ4v) is 3.15. The summed E-state index contributed by atoms with van der Waals surface area (Å²) in [6.45, 7) is 4.74. The van der Waals surface area contributed by atoms with Crippen molar-refractivity contribution in [2.24, 2.45) is 5.92 Å². The molecular weight excluding hydrogens is 262 g/mol. The second kappa shape index (κ2) is 5.02. The van der Waals surface area contributed by atoms with E-state index in [9.17, 15) is 4.79 Å². The summed E-state index contributed by atoms with van der Waals surface area (Å²) in [4.78, 5) is 14.2. The van der Waals surface area contributed by atoms with E-state index in [0.717, 1.165) is 37.3 Å². The molecule has 0 aromatic heterocycles. The van der Waals surface area contributed by atoms with Gasteiger partial charge in [0.05, 0.1) is 0 Å². The predicted octanol–water partition coefficient (Wildman–Crippen LogP) is 2.47. The van der Waals surface area contributed by atoms with Gasteiger partial charge in [-0.2, -0.15) is 0 Å². The third-order valence-electron chi connectivity index (χ3n) is 4.13. The number of nitrogens with zero attached hydrogens (tertiary/aromatic N) is 1. The maximum Gasteiger partial charge on any atom is 0.322 e. The molecule has 19 heavy (non-hydrogen) atoms. The molecule has 0 unspecified atom stereocenters. The lowest BCUT2D eigenvalue weighted by atomic mass is 10.1. The second-order valence-corrected chi connectivity index (χ2v) is 5.77. The fraction of sp³-hybridized carbons (Fsp3) is 0.500. The molecule has 1 aromatic rings. The predicted molar refractivity (Wildman–Crippen MR) is 76.7 cm³/mol. The van der Waals surface area contributed by atoms with Crippen LogP contribution in [0.25, 0.3) is 0 Å². The van der Waals surface area contributed by atoms with Crippen molar-refractivity contribution in [2.75, 3.05) is 25.0 Å². The maximum atomic E-state index is 12.3. The standard InChI is InChI=1S/C14H18ClN3O/c1-9-2-3-11(6-12(9)15)17-14(19)18-5-4-10-7-16-8-13(10)18/h2-3,6,10,13,16H,4-5,7-8H2,1H3,(H,17,19)/t10-,13+/m0/s1. The number of carbonyl (C=O) groups is 1. The van der Waals surface area contributed by atoms with Crippen LogP contribution in [0.1, 0.15) is 12.0 Å². The van der Waals surface area contributed by atoms with Crippen LogP contribution in [0.5, 0.6) is 0 Å². The van der Waals surface area contributed by atoms with Crippen molar-refractivity contribution < 1.29 is 4.79 Å². The Kier molecular flexibility index (Phi) is 3.37. The number of carbonyl (C=O) groups excluding carboxylic acids is 1. The van der Waals surface area contributed by atoms with Crippen molar-refractivity contribution in [1.29, 1.82) is 0 Å². The molecule has 2 aliphatic heterocycles. The van der Waals surface area contributed by atoms with Gasteiger partial charge >= 0.3 is 6.03 Å². The van der Waals surface area contributed by atoms with Gasteiger partial charge < -0.3 is 15.5 Å². The number of amides is 2. The average molecular weight is 280 g/mol. The van der Waals surface area contributed by atoms with E-state index in [1.54, 1.807) is 6.07 Å². The summed E-state index contributed by atoms with van der Waals surface area (Å²) in [5.74, 6) is 0.618. The number of rotatable bonds is 1. The second-order valence-electron chi connectivity index (χ2n) is 5.36. The van der Waals surface area contributed by atoms with E-state index in [0.29, 0.717) is 17.0 Å². The first kappa shape index (κ1) is 12.8. The molecule has 0 radical (unpaired) electrons. The molecule has 0 saturated carbocycles. The third kappa shape index (κ3) is 2.42. The molecule has 3 rings (SSSR count). The van der Waals surface area contributed by atoms with E-state index >= 15 is 0 Å². The number of anilines is 1. The SMILES string of the molecule is Cc1ccc(NC(=O)N2CC[C@H]3CNC[C@H]32)cc1Cl. The van der Waals surface area contributed by atoms with Gasteiger partial charge in [0.25, 0.3) is 0 Å². The number of likely N-dealkylation sites (tertiary alicyclic amines) is 1. The molecule has 2 N–H and O–H groups in total. The zero-order valence-electron chi connectivity index (χ0n) is 10.9. The number of nitrogens with one attached hydrogen (secondary N) is 2. The van der Waals surface area contributed by atoms with E-state index in [-0.39, 0.29) is 6.03 Å². The van der Waals surface area contributed by atoms with Crippen LogP contribution >= 0.6 is 11.6 Å². The Labute approximate surface area is 118 Å². The van der Waals surface area contributed by atoms with Crippen molar-refractivity contribution in [3.8, 4) is 0 Å². The molecule has 2 heterocycles. The van der Waals surface area contributed by atoms with Crippen molar-refractivity contribution in [1.82, 2.24) is 10.2 Å². The number of aryl methyl sites for hydroxylation is 1. The van der Waals surface area contributed by atoms with Crippen LogP contribution in [0.3, 0.4) is 0 Å². The largest absolute Gasteiger partial charge is 0.322 e. The molecule has 0 bridgehead atoms. The summed E-state index contributed by atoms with van der Waals surface area (Å²) >= 11 is 6.07. The molecule has 2 fully saturated rings. The normalized spacial score (nSPS) is 25.5. The summed E-state index contributed by atoms with van der Waals surface area (Å²) in [6, 6.07) is 5.94. The van der Waals surface area contributed by atoms with Crippen LogP contribution in [0.4, 0.5) is 10.5 Å². The summed E-state index contributed by atoms with van der Waals surface area (Å²) in [5.41, 5.74) is 1.77. The number of hydrogen-bond donors (Lipinski definition) is 2. The minimum absolute atomic E-state index is 0.0175. The molecule has 0 aliphatic carbocycles. The van der Waals surface area contributed by atoms with E-state index in [1.165, 1.54) is 0 Å². The van der Waals surface area contributed by atoms with E-state index < -0.39 is 0 Å².